The number of hydrogen-bond acceptors (Lipinski definition) is 3. The highest BCUT2D eigenvalue weighted by molar-refractivity contribution is 5.77. The summed E-state index contributed by atoms with van der Waals surface area (Å²) in [7, 11) is 0. The lowest BCUT2D eigenvalue weighted by Gasteiger charge is -2.38. The first-order valence-electron chi connectivity index (χ1n) is 6.81. The van der Waals surface area contributed by atoms with E-state index < -0.39 is 0 Å². The zero-order valence-corrected chi connectivity index (χ0v) is 10.9. The highest BCUT2D eigenvalue weighted by atomic mass is 16.5. The van der Waals surface area contributed by atoms with Crippen LogP contribution >= 0.6 is 0 Å². The van der Waals surface area contributed by atoms with Crippen LogP contribution in [0.15, 0.2) is 0 Å². The molecule has 2 heterocycles. The van der Waals surface area contributed by atoms with Crippen molar-refractivity contribution in [2.24, 2.45) is 0 Å². The maximum atomic E-state index is 12.2. The van der Waals surface area contributed by atoms with Crippen LogP contribution in [0.5, 0.6) is 0 Å². The molecule has 0 bridgehead atoms. The number of carbonyl (C=O) groups is 1. The van der Waals surface area contributed by atoms with Gasteiger partial charge in [0.2, 0.25) is 5.91 Å². The molecule has 2 aliphatic heterocycles. The van der Waals surface area contributed by atoms with Crippen molar-refractivity contribution in [2.75, 3.05) is 19.7 Å². The fourth-order valence-electron chi connectivity index (χ4n) is 2.65. The zero-order valence-electron chi connectivity index (χ0n) is 10.9. The van der Waals surface area contributed by atoms with Crippen molar-refractivity contribution < 1.29 is 9.53 Å². The molecule has 2 aliphatic rings. The van der Waals surface area contributed by atoms with Crippen LogP contribution in [0.3, 0.4) is 0 Å². The monoisotopic (exact) mass is 240 g/mol. The predicted octanol–water partition coefficient (Wildman–Crippen LogP) is 1.15. The first kappa shape index (κ1) is 12.8. The average Bonchev–Trinajstić information content (AvgIpc) is 2.33. The molecule has 1 N–H and O–H groups in total. The quantitative estimate of drug-likeness (QED) is 0.787. The Kier molecular flexibility index (Phi) is 4.40. The van der Waals surface area contributed by atoms with Crippen LogP contribution in [0.2, 0.25) is 0 Å². The lowest BCUT2D eigenvalue weighted by Crippen LogP contribution is -2.56. The topological polar surface area (TPSA) is 41.6 Å². The van der Waals surface area contributed by atoms with Gasteiger partial charge in [0.15, 0.2) is 0 Å². The fourth-order valence-corrected chi connectivity index (χ4v) is 2.65. The van der Waals surface area contributed by atoms with E-state index in [4.69, 9.17) is 4.74 Å². The second kappa shape index (κ2) is 5.83. The van der Waals surface area contributed by atoms with Gasteiger partial charge in [-0.25, -0.2) is 0 Å². The lowest BCUT2D eigenvalue weighted by atomic mass is 10.0. The van der Waals surface area contributed by atoms with Gasteiger partial charge in [0, 0.05) is 31.8 Å². The van der Waals surface area contributed by atoms with E-state index >= 15 is 0 Å². The number of nitrogens with one attached hydrogen (secondary N) is 1. The van der Waals surface area contributed by atoms with Crippen LogP contribution in [0.25, 0.3) is 0 Å². The number of nitrogens with zero attached hydrogens (tertiary/aromatic N) is 1. The molecule has 0 aromatic carbocycles. The van der Waals surface area contributed by atoms with Crippen molar-refractivity contribution in [2.45, 2.75) is 57.7 Å². The molecule has 98 valence electrons. The van der Waals surface area contributed by atoms with Gasteiger partial charge in [-0.2, -0.15) is 0 Å². The summed E-state index contributed by atoms with van der Waals surface area (Å²) in [6.07, 6.45) is 4.12. The predicted molar refractivity (Wildman–Crippen MR) is 66.8 cm³/mol. The number of carbonyl (C=O) groups excluding carboxylic acids is 1. The number of ether oxygens (including phenoxy) is 1. The molecule has 2 saturated heterocycles. The normalized spacial score (nSPS) is 34.7. The van der Waals surface area contributed by atoms with Crippen molar-refractivity contribution >= 4 is 5.91 Å². The molecule has 3 atom stereocenters. The Morgan fingerprint density at radius 3 is 2.94 bits per heavy atom. The lowest BCUT2D eigenvalue weighted by molar-refractivity contribution is -0.138. The Labute approximate surface area is 104 Å². The summed E-state index contributed by atoms with van der Waals surface area (Å²) >= 11 is 0. The molecular weight excluding hydrogens is 216 g/mol. The zero-order chi connectivity index (χ0) is 12.3. The minimum Gasteiger partial charge on any atom is -0.378 e. The third-order valence-corrected chi connectivity index (χ3v) is 3.76. The average molecular weight is 240 g/mol. The fraction of sp³-hybridized carbons (Fsp3) is 0.923. The molecule has 2 fully saturated rings. The van der Waals surface area contributed by atoms with Crippen molar-refractivity contribution in [1.82, 2.24) is 10.2 Å². The summed E-state index contributed by atoms with van der Waals surface area (Å²) in [5.74, 6) is 0.262. The van der Waals surface area contributed by atoms with Gasteiger partial charge in [-0.1, -0.05) is 0 Å². The molecule has 0 aromatic heterocycles. The molecule has 2 rings (SSSR count). The van der Waals surface area contributed by atoms with E-state index in [1.807, 2.05) is 4.90 Å². The molecule has 3 unspecified atom stereocenters. The van der Waals surface area contributed by atoms with Crippen LogP contribution in [0, 0.1) is 0 Å². The molecule has 4 heteroatoms. The van der Waals surface area contributed by atoms with Crippen LogP contribution in [0.4, 0.5) is 0 Å². The Morgan fingerprint density at radius 1 is 1.41 bits per heavy atom. The van der Waals surface area contributed by atoms with Gasteiger partial charge in [-0.15, -0.1) is 0 Å². The van der Waals surface area contributed by atoms with Gasteiger partial charge in [-0.05, 0) is 33.1 Å². The van der Waals surface area contributed by atoms with E-state index in [0.29, 0.717) is 18.5 Å². The molecule has 0 radical (unpaired) electrons. The van der Waals surface area contributed by atoms with Crippen molar-refractivity contribution in [3.63, 3.8) is 0 Å². The second-order valence-corrected chi connectivity index (χ2v) is 5.40. The minimum absolute atomic E-state index is 0.161. The Morgan fingerprint density at radius 2 is 2.24 bits per heavy atom. The highest BCUT2D eigenvalue weighted by Gasteiger charge is 2.28. The Hall–Kier alpha value is -0.610. The summed E-state index contributed by atoms with van der Waals surface area (Å²) in [4.78, 5) is 14.3. The van der Waals surface area contributed by atoms with E-state index in [1.54, 1.807) is 0 Å². The second-order valence-electron chi connectivity index (χ2n) is 5.40. The molecule has 0 saturated carbocycles. The van der Waals surface area contributed by atoms with E-state index in [0.717, 1.165) is 32.5 Å². The van der Waals surface area contributed by atoms with E-state index in [9.17, 15) is 4.79 Å². The van der Waals surface area contributed by atoms with Crippen molar-refractivity contribution in [3.8, 4) is 0 Å². The van der Waals surface area contributed by atoms with Crippen LogP contribution < -0.4 is 5.32 Å². The van der Waals surface area contributed by atoms with E-state index in [2.05, 4.69) is 19.2 Å². The van der Waals surface area contributed by atoms with Gasteiger partial charge in [0.1, 0.15) is 0 Å². The smallest absolute Gasteiger partial charge is 0.225 e. The first-order valence-corrected chi connectivity index (χ1v) is 6.81. The largest absolute Gasteiger partial charge is 0.378 e. The first-order chi connectivity index (χ1) is 8.16. The minimum atomic E-state index is 0.161. The summed E-state index contributed by atoms with van der Waals surface area (Å²) in [6.45, 7) is 6.79. The van der Waals surface area contributed by atoms with E-state index in [1.165, 1.54) is 6.42 Å². The Balaban J connectivity index is 1.85. The maximum Gasteiger partial charge on any atom is 0.225 e. The molecule has 1 amide bonds. The third kappa shape index (κ3) is 3.42. The van der Waals surface area contributed by atoms with Crippen LogP contribution in [-0.2, 0) is 9.53 Å². The summed E-state index contributed by atoms with van der Waals surface area (Å²) in [5.41, 5.74) is 0. The van der Waals surface area contributed by atoms with Crippen molar-refractivity contribution in [1.29, 1.82) is 0 Å². The standard InChI is InChI=1S/C13H24N2O2/c1-10-9-15(11(2)8-14-10)13(16)7-12-5-3-4-6-17-12/h10-12,14H,3-9H2,1-2H3. The molecule has 0 aromatic rings. The summed E-state index contributed by atoms with van der Waals surface area (Å²) < 4.78 is 5.64. The van der Waals surface area contributed by atoms with E-state index in [-0.39, 0.29) is 12.0 Å². The van der Waals surface area contributed by atoms with Gasteiger partial charge in [0.25, 0.3) is 0 Å². The van der Waals surface area contributed by atoms with Gasteiger partial charge < -0.3 is 15.0 Å². The summed E-state index contributed by atoms with van der Waals surface area (Å²) in [6, 6.07) is 0.713. The maximum absolute atomic E-state index is 12.2. The SMILES string of the molecule is CC1CN(C(=O)CC2CCCCO2)C(C)CN1. The third-order valence-electron chi connectivity index (χ3n) is 3.76. The highest BCUT2D eigenvalue weighted by Crippen LogP contribution is 2.18. The molecular formula is C13H24N2O2. The summed E-state index contributed by atoms with van der Waals surface area (Å²) in [5, 5.41) is 3.40. The molecule has 17 heavy (non-hydrogen) atoms. The van der Waals surface area contributed by atoms with Gasteiger partial charge in [-0.3, -0.25) is 4.79 Å². The van der Waals surface area contributed by atoms with Gasteiger partial charge in [0.05, 0.1) is 12.5 Å². The van der Waals surface area contributed by atoms with Crippen LogP contribution in [0.1, 0.15) is 39.5 Å². The molecule has 0 spiro atoms. The number of hydrogen-bond donors (Lipinski definition) is 1. The van der Waals surface area contributed by atoms with Crippen molar-refractivity contribution in [3.05, 3.63) is 0 Å². The number of amides is 1. The molecule has 0 aliphatic carbocycles. The van der Waals surface area contributed by atoms with Gasteiger partial charge >= 0.3 is 0 Å². The number of piperazine rings is 1. The van der Waals surface area contributed by atoms with Crippen LogP contribution in [-0.4, -0.2) is 48.7 Å². The Bertz CT molecular complexity index is 264. The molecule has 4 nitrogen and oxygen atoms in total. The number of rotatable bonds is 2.